The van der Waals surface area contributed by atoms with Crippen molar-refractivity contribution in [1.29, 1.82) is 0 Å². The van der Waals surface area contributed by atoms with Crippen LogP contribution in [0, 0.1) is 5.82 Å². The standard InChI is InChI=1S/C15H16FN7OS/c1-8-6-23(2-3-24-8)15-22-12-9(16)5-18-14(13(12)25-15)21-11-4-10(17)19-7-20-11/h4-5,7-8H,2-3,6H2,1H3,(H3,17,18,19,20,21)/t8-/m1/s1. The van der Waals surface area contributed by atoms with Crippen molar-refractivity contribution in [2.45, 2.75) is 13.0 Å². The Hall–Kier alpha value is -2.59. The molecule has 3 aromatic rings. The fourth-order valence-corrected chi connectivity index (χ4v) is 3.71. The van der Waals surface area contributed by atoms with Crippen LogP contribution in [0.15, 0.2) is 18.6 Å². The number of rotatable bonds is 3. The van der Waals surface area contributed by atoms with Crippen LogP contribution in [0.2, 0.25) is 0 Å². The molecule has 0 radical (unpaired) electrons. The quantitative estimate of drug-likeness (QED) is 0.732. The van der Waals surface area contributed by atoms with Crippen molar-refractivity contribution < 1.29 is 9.13 Å². The van der Waals surface area contributed by atoms with E-state index in [9.17, 15) is 4.39 Å². The maximum absolute atomic E-state index is 14.2. The fraction of sp³-hybridized carbons (Fsp3) is 0.333. The van der Waals surface area contributed by atoms with Gasteiger partial charge in [0.05, 0.1) is 18.9 Å². The summed E-state index contributed by atoms with van der Waals surface area (Å²) in [6.07, 6.45) is 2.62. The maximum Gasteiger partial charge on any atom is 0.186 e. The Balaban J connectivity index is 1.71. The zero-order chi connectivity index (χ0) is 17.4. The number of hydrogen-bond acceptors (Lipinski definition) is 9. The van der Waals surface area contributed by atoms with E-state index in [0.29, 0.717) is 34.3 Å². The first kappa shape index (κ1) is 15.9. The van der Waals surface area contributed by atoms with Gasteiger partial charge >= 0.3 is 0 Å². The monoisotopic (exact) mass is 361 g/mol. The van der Waals surface area contributed by atoms with Gasteiger partial charge in [-0.2, -0.15) is 0 Å². The van der Waals surface area contributed by atoms with E-state index in [-0.39, 0.29) is 6.10 Å². The van der Waals surface area contributed by atoms with Crippen molar-refractivity contribution in [3.63, 3.8) is 0 Å². The van der Waals surface area contributed by atoms with Crippen LogP contribution in [0.4, 0.5) is 27.0 Å². The molecule has 10 heteroatoms. The lowest BCUT2D eigenvalue weighted by Crippen LogP contribution is -2.41. The van der Waals surface area contributed by atoms with Crippen LogP contribution in [0.1, 0.15) is 6.92 Å². The van der Waals surface area contributed by atoms with Gasteiger partial charge in [0.2, 0.25) is 0 Å². The summed E-state index contributed by atoms with van der Waals surface area (Å²) in [4.78, 5) is 18.7. The predicted octanol–water partition coefficient (Wildman–Crippen LogP) is 2.17. The minimum atomic E-state index is -0.452. The molecule has 0 aliphatic carbocycles. The Morgan fingerprint density at radius 1 is 1.40 bits per heavy atom. The van der Waals surface area contributed by atoms with Gasteiger partial charge in [0.1, 0.15) is 28.2 Å². The average molecular weight is 361 g/mol. The molecule has 0 amide bonds. The number of aromatic nitrogens is 4. The van der Waals surface area contributed by atoms with E-state index >= 15 is 0 Å². The first-order chi connectivity index (χ1) is 12.1. The van der Waals surface area contributed by atoms with Crippen LogP contribution >= 0.6 is 11.3 Å². The number of thiazole rings is 1. The molecule has 130 valence electrons. The third-order valence-corrected chi connectivity index (χ3v) is 4.93. The molecule has 3 aromatic heterocycles. The number of anilines is 4. The summed E-state index contributed by atoms with van der Waals surface area (Å²) in [5, 5.41) is 3.81. The van der Waals surface area contributed by atoms with Crippen LogP contribution in [0.3, 0.4) is 0 Å². The predicted molar refractivity (Wildman–Crippen MR) is 94.7 cm³/mol. The molecule has 8 nitrogen and oxygen atoms in total. The fourth-order valence-electron chi connectivity index (χ4n) is 2.65. The number of halogens is 1. The molecular formula is C15H16FN7OS. The highest BCUT2D eigenvalue weighted by Crippen LogP contribution is 2.35. The second-order valence-electron chi connectivity index (χ2n) is 5.71. The van der Waals surface area contributed by atoms with E-state index in [1.54, 1.807) is 6.07 Å². The third-order valence-electron chi connectivity index (χ3n) is 3.81. The maximum atomic E-state index is 14.2. The third kappa shape index (κ3) is 3.17. The van der Waals surface area contributed by atoms with Gasteiger partial charge in [-0.05, 0) is 6.92 Å². The van der Waals surface area contributed by atoms with Gasteiger partial charge in [-0.3, -0.25) is 0 Å². The summed E-state index contributed by atoms with van der Waals surface area (Å²) in [5.41, 5.74) is 5.95. The number of fused-ring (bicyclic) bond motifs is 1. The van der Waals surface area contributed by atoms with E-state index in [0.717, 1.165) is 24.4 Å². The molecule has 0 spiro atoms. The van der Waals surface area contributed by atoms with Crippen LogP contribution < -0.4 is 16.0 Å². The van der Waals surface area contributed by atoms with Gasteiger partial charge in [0.15, 0.2) is 16.8 Å². The highest BCUT2D eigenvalue weighted by molar-refractivity contribution is 7.22. The lowest BCUT2D eigenvalue weighted by Gasteiger charge is -2.30. The second-order valence-corrected chi connectivity index (χ2v) is 6.69. The zero-order valence-electron chi connectivity index (χ0n) is 13.4. The van der Waals surface area contributed by atoms with Gasteiger partial charge in [-0.1, -0.05) is 11.3 Å². The number of pyridine rings is 1. The number of nitrogen functional groups attached to an aromatic ring is 1. The van der Waals surface area contributed by atoms with Crippen molar-refractivity contribution >= 4 is 44.1 Å². The summed E-state index contributed by atoms with van der Waals surface area (Å²) in [6, 6.07) is 1.59. The molecule has 1 atom stereocenters. The average Bonchev–Trinajstić information content (AvgIpc) is 3.04. The minimum Gasteiger partial charge on any atom is -0.384 e. The lowest BCUT2D eigenvalue weighted by atomic mass is 10.3. The van der Waals surface area contributed by atoms with Gasteiger partial charge in [-0.25, -0.2) is 24.3 Å². The molecule has 4 heterocycles. The molecule has 0 aromatic carbocycles. The Bertz CT molecular complexity index is 918. The molecule has 1 saturated heterocycles. The smallest absolute Gasteiger partial charge is 0.186 e. The SMILES string of the molecule is C[C@@H]1CN(c2nc3c(F)cnc(Nc4cc(N)ncn4)c3s2)CCO1. The van der Waals surface area contributed by atoms with Crippen molar-refractivity contribution in [2.24, 2.45) is 0 Å². The van der Waals surface area contributed by atoms with Gasteiger partial charge in [0, 0.05) is 19.2 Å². The van der Waals surface area contributed by atoms with Crippen molar-refractivity contribution in [3.05, 3.63) is 24.4 Å². The second kappa shape index (κ2) is 6.37. The Kier molecular flexibility index (Phi) is 4.06. The van der Waals surface area contributed by atoms with Crippen molar-refractivity contribution in [2.75, 3.05) is 35.6 Å². The summed E-state index contributed by atoms with van der Waals surface area (Å²) in [7, 11) is 0. The molecule has 0 unspecified atom stereocenters. The molecule has 1 aliphatic heterocycles. The van der Waals surface area contributed by atoms with E-state index in [1.807, 2.05) is 6.92 Å². The van der Waals surface area contributed by atoms with E-state index in [1.165, 1.54) is 17.7 Å². The lowest BCUT2D eigenvalue weighted by molar-refractivity contribution is 0.0532. The topological polar surface area (TPSA) is 102 Å². The van der Waals surface area contributed by atoms with Gasteiger partial charge in [0.25, 0.3) is 0 Å². The summed E-state index contributed by atoms with van der Waals surface area (Å²) in [6.45, 7) is 4.09. The molecule has 1 aliphatic rings. The minimum absolute atomic E-state index is 0.116. The molecule has 25 heavy (non-hydrogen) atoms. The number of nitrogens with zero attached hydrogens (tertiary/aromatic N) is 5. The number of nitrogens with two attached hydrogens (primary N) is 1. The number of morpholine rings is 1. The Labute approximate surface area is 146 Å². The molecule has 3 N–H and O–H groups in total. The largest absolute Gasteiger partial charge is 0.384 e. The van der Waals surface area contributed by atoms with E-state index in [2.05, 4.69) is 30.2 Å². The van der Waals surface area contributed by atoms with Crippen LogP contribution in [-0.4, -0.2) is 45.7 Å². The van der Waals surface area contributed by atoms with Gasteiger partial charge < -0.3 is 20.7 Å². The number of nitrogens with one attached hydrogen (secondary N) is 1. The van der Waals surface area contributed by atoms with Gasteiger partial charge in [-0.15, -0.1) is 0 Å². The molecular weight excluding hydrogens is 345 g/mol. The van der Waals surface area contributed by atoms with E-state index < -0.39 is 5.82 Å². The van der Waals surface area contributed by atoms with Crippen LogP contribution in [0.5, 0.6) is 0 Å². The Morgan fingerprint density at radius 2 is 2.28 bits per heavy atom. The number of hydrogen-bond donors (Lipinski definition) is 2. The highest BCUT2D eigenvalue weighted by Gasteiger charge is 2.22. The van der Waals surface area contributed by atoms with Crippen LogP contribution in [-0.2, 0) is 4.74 Å². The molecule has 0 saturated carbocycles. The molecule has 1 fully saturated rings. The Morgan fingerprint density at radius 3 is 3.08 bits per heavy atom. The zero-order valence-corrected chi connectivity index (χ0v) is 14.3. The first-order valence-corrected chi connectivity index (χ1v) is 8.58. The van der Waals surface area contributed by atoms with Crippen molar-refractivity contribution in [3.8, 4) is 0 Å². The molecule has 0 bridgehead atoms. The molecule has 4 rings (SSSR count). The summed E-state index contributed by atoms with van der Waals surface area (Å²) >= 11 is 1.39. The summed E-state index contributed by atoms with van der Waals surface area (Å²) < 4.78 is 20.4. The van der Waals surface area contributed by atoms with E-state index in [4.69, 9.17) is 10.5 Å². The van der Waals surface area contributed by atoms with Crippen molar-refractivity contribution in [1.82, 2.24) is 19.9 Å². The normalized spacial score (nSPS) is 17.8. The van der Waals surface area contributed by atoms with Crippen LogP contribution in [0.25, 0.3) is 10.2 Å². The first-order valence-electron chi connectivity index (χ1n) is 7.76. The highest BCUT2D eigenvalue weighted by atomic mass is 32.1. The number of ether oxygens (including phenoxy) is 1. The summed E-state index contributed by atoms with van der Waals surface area (Å²) in [5.74, 6) is 0.858.